The standard InChI is InChI=1S/C24H32N4O7/c1-14-12-28(22(32)27-20(14)30)19-11-16(18(13-29)34-19)25-21(31)17(10-15-8-6-5-7-9-15)26-23(33)35-24(2,3)4/h5-9,12,16-19,29H,10-11,13H2,1-4H3,(H,25,31)(H,26,33)(H,27,30,32)/t16-,17-,18+,19-/m0/s1. The Hall–Kier alpha value is -3.44. The van der Waals surface area contributed by atoms with Crippen LogP contribution in [-0.4, -0.2) is 57.1 Å². The van der Waals surface area contributed by atoms with Crippen LogP contribution in [0.3, 0.4) is 0 Å². The van der Waals surface area contributed by atoms with Crippen LogP contribution < -0.4 is 21.9 Å². The van der Waals surface area contributed by atoms with Gasteiger partial charge in [0.15, 0.2) is 0 Å². The summed E-state index contributed by atoms with van der Waals surface area (Å²) in [4.78, 5) is 51.8. The van der Waals surface area contributed by atoms with Gasteiger partial charge < -0.3 is 25.2 Å². The average Bonchev–Trinajstić information content (AvgIpc) is 3.17. The number of aliphatic hydroxyl groups excluding tert-OH is 1. The van der Waals surface area contributed by atoms with Gasteiger partial charge in [0.25, 0.3) is 5.56 Å². The van der Waals surface area contributed by atoms with Gasteiger partial charge in [0.1, 0.15) is 24.0 Å². The first kappa shape index (κ1) is 26.2. The van der Waals surface area contributed by atoms with Gasteiger partial charge in [-0.15, -0.1) is 0 Å². The van der Waals surface area contributed by atoms with E-state index in [1.165, 1.54) is 10.8 Å². The van der Waals surface area contributed by atoms with Crippen LogP contribution in [0.15, 0.2) is 46.1 Å². The number of H-pyrrole nitrogens is 1. The number of nitrogens with zero attached hydrogens (tertiary/aromatic N) is 1. The van der Waals surface area contributed by atoms with E-state index in [1.54, 1.807) is 27.7 Å². The fourth-order valence-corrected chi connectivity index (χ4v) is 3.81. The maximum atomic E-state index is 13.2. The highest BCUT2D eigenvalue weighted by Gasteiger charge is 2.38. The molecule has 1 aromatic heterocycles. The van der Waals surface area contributed by atoms with E-state index in [4.69, 9.17) is 9.47 Å². The van der Waals surface area contributed by atoms with Crippen LogP contribution in [-0.2, 0) is 20.7 Å². The molecule has 35 heavy (non-hydrogen) atoms. The molecule has 0 radical (unpaired) electrons. The lowest BCUT2D eigenvalue weighted by atomic mass is 10.0. The van der Waals surface area contributed by atoms with Gasteiger partial charge in [0.2, 0.25) is 5.91 Å². The highest BCUT2D eigenvalue weighted by molar-refractivity contribution is 5.86. The van der Waals surface area contributed by atoms with Crippen molar-refractivity contribution < 1.29 is 24.2 Å². The Morgan fingerprint density at radius 3 is 2.57 bits per heavy atom. The largest absolute Gasteiger partial charge is 0.444 e. The van der Waals surface area contributed by atoms with Crippen molar-refractivity contribution in [2.24, 2.45) is 0 Å². The van der Waals surface area contributed by atoms with Gasteiger partial charge in [-0.3, -0.25) is 19.1 Å². The molecule has 1 aliphatic heterocycles. The van der Waals surface area contributed by atoms with E-state index in [-0.39, 0.29) is 12.8 Å². The molecule has 4 atom stereocenters. The first-order valence-electron chi connectivity index (χ1n) is 11.4. The molecule has 0 bridgehead atoms. The minimum Gasteiger partial charge on any atom is -0.444 e. The van der Waals surface area contributed by atoms with Crippen molar-refractivity contribution >= 4 is 12.0 Å². The SMILES string of the molecule is Cc1cn([C@@H]2C[C@H](NC(=O)[C@H](Cc3ccccc3)NC(=O)OC(C)(C)C)[C@@H](CO)O2)c(=O)[nH]c1=O. The number of carbonyl (C=O) groups is 2. The summed E-state index contributed by atoms with van der Waals surface area (Å²) in [6.07, 6.45) is -0.554. The number of aryl methyl sites for hydroxylation is 1. The summed E-state index contributed by atoms with van der Waals surface area (Å²) in [6, 6.07) is 7.60. The summed E-state index contributed by atoms with van der Waals surface area (Å²) in [5.74, 6) is -0.489. The van der Waals surface area contributed by atoms with Crippen molar-refractivity contribution in [2.45, 2.75) is 70.6 Å². The second-order valence-corrected chi connectivity index (χ2v) is 9.53. The Morgan fingerprint density at radius 1 is 1.26 bits per heavy atom. The summed E-state index contributed by atoms with van der Waals surface area (Å²) >= 11 is 0. The molecular formula is C24H32N4O7. The van der Waals surface area contributed by atoms with Gasteiger partial charge in [0.05, 0.1) is 12.6 Å². The van der Waals surface area contributed by atoms with E-state index in [1.807, 2.05) is 30.3 Å². The van der Waals surface area contributed by atoms with E-state index < -0.39 is 59.9 Å². The molecule has 0 aliphatic carbocycles. The maximum Gasteiger partial charge on any atom is 0.408 e. The molecule has 2 amide bonds. The van der Waals surface area contributed by atoms with Crippen LogP contribution in [0.5, 0.6) is 0 Å². The molecule has 0 saturated carbocycles. The molecule has 1 aromatic carbocycles. The second-order valence-electron chi connectivity index (χ2n) is 9.53. The Bertz CT molecular complexity index is 1150. The molecule has 3 rings (SSSR count). The normalized spacial score (nSPS) is 20.8. The van der Waals surface area contributed by atoms with Crippen molar-refractivity contribution in [1.29, 1.82) is 0 Å². The van der Waals surface area contributed by atoms with Crippen molar-refractivity contribution in [3.63, 3.8) is 0 Å². The minimum absolute atomic E-state index is 0.173. The highest BCUT2D eigenvalue weighted by Crippen LogP contribution is 2.27. The number of carbonyl (C=O) groups excluding carboxylic acids is 2. The van der Waals surface area contributed by atoms with Crippen molar-refractivity contribution in [2.75, 3.05) is 6.61 Å². The molecule has 1 aliphatic rings. The van der Waals surface area contributed by atoms with E-state index in [9.17, 15) is 24.3 Å². The number of alkyl carbamates (subject to hydrolysis) is 1. The van der Waals surface area contributed by atoms with Crippen molar-refractivity contribution in [3.05, 3.63) is 68.5 Å². The number of aliphatic hydroxyl groups is 1. The smallest absolute Gasteiger partial charge is 0.408 e. The Balaban J connectivity index is 1.77. The van der Waals surface area contributed by atoms with E-state index in [0.29, 0.717) is 5.56 Å². The lowest BCUT2D eigenvalue weighted by Crippen LogP contribution is -2.53. The number of ether oxygens (including phenoxy) is 2. The number of aromatic amines is 1. The summed E-state index contributed by atoms with van der Waals surface area (Å²) in [7, 11) is 0. The van der Waals surface area contributed by atoms with Gasteiger partial charge in [-0.05, 0) is 33.3 Å². The third-order valence-electron chi connectivity index (χ3n) is 5.49. The summed E-state index contributed by atoms with van der Waals surface area (Å²) in [5.41, 5.74) is -0.731. The van der Waals surface area contributed by atoms with Crippen LogP contribution in [0.25, 0.3) is 0 Å². The molecule has 2 aromatic rings. The fourth-order valence-electron chi connectivity index (χ4n) is 3.81. The number of benzene rings is 1. The zero-order valence-electron chi connectivity index (χ0n) is 20.2. The third-order valence-corrected chi connectivity index (χ3v) is 5.49. The number of hydrogen-bond donors (Lipinski definition) is 4. The number of hydrogen-bond acceptors (Lipinski definition) is 7. The summed E-state index contributed by atoms with van der Waals surface area (Å²) in [6.45, 7) is 6.33. The van der Waals surface area contributed by atoms with Gasteiger partial charge in [-0.25, -0.2) is 9.59 Å². The minimum atomic E-state index is -0.955. The molecule has 0 unspecified atom stereocenters. The first-order chi connectivity index (χ1) is 16.5. The topological polar surface area (TPSA) is 152 Å². The van der Waals surface area contributed by atoms with Crippen LogP contribution in [0.1, 0.15) is 44.5 Å². The van der Waals surface area contributed by atoms with Crippen LogP contribution in [0.2, 0.25) is 0 Å². The van der Waals surface area contributed by atoms with Crippen LogP contribution in [0, 0.1) is 6.92 Å². The lowest BCUT2D eigenvalue weighted by molar-refractivity contribution is -0.124. The molecule has 0 spiro atoms. The monoisotopic (exact) mass is 488 g/mol. The average molecular weight is 489 g/mol. The quantitative estimate of drug-likeness (QED) is 0.449. The Labute approximate surface area is 202 Å². The lowest BCUT2D eigenvalue weighted by Gasteiger charge is -2.25. The molecule has 2 heterocycles. The number of amides is 2. The highest BCUT2D eigenvalue weighted by atomic mass is 16.6. The second kappa shape index (κ2) is 10.9. The first-order valence-corrected chi connectivity index (χ1v) is 11.4. The van der Waals surface area contributed by atoms with Gasteiger partial charge in [-0.1, -0.05) is 30.3 Å². The zero-order chi connectivity index (χ0) is 25.8. The van der Waals surface area contributed by atoms with Crippen molar-refractivity contribution in [1.82, 2.24) is 20.2 Å². The molecular weight excluding hydrogens is 456 g/mol. The Morgan fingerprint density at radius 2 is 1.94 bits per heavy atom. The number of rotatable bonds is 7. The summed E-state index contributed by atoms with van der Waals surface area (Å²) in [5, 5.41) is 15.3. The van der Waals surface area contributed by atoms with E-state index >= 15 is 0 Å². The van der Waals surface area contributed by atoms with Gasteiger partial charge in [-0.2, -0.15) is 0 Å². The molecule has 1 fully saturated rings. The molecule has 1 saturated heterocycles. The Kier molecular flexibility index (Phi) is 8.13. The number of nitrogens with one attached hydrogen (secondary N) is 3. The molecule has 4 N–H and O–H groups in total. The maximum absolute atomic E-state index is 13.2. The van der Waals surface area contributed by atoms with E-state index in [0.717, 1.165) is 5.56 Å². The molecule has 190 valence electrons. The third kappa shape index (κ3) is 7.03. The molecule has 11 nitrogen and oxygen atoms in total. The zero-order valence-corrected chi connectivity index (χ0v) is 20.2. The number of aromatic nitrogens is 2. The fraction of sp³-hybridized carbons (Fsp3) is 0.500. The summed E-state index contributed by atoms with van der Waals surface area (Å²) < 4.78 is 12.3. The predicted octanol–water partition coefficient (Wildman–Crippen LogP) is 0.746. The van der Waals surface area contributed by atoms with Crippen molar-refractivity contribution in [3.8, 4) is 0 Å². The molecule has 11 heteroatoms. The van der Waals surface area contributed by atoms with E-state index in [2.05, 4.69) is 15.6 Å². The van der Waals surface area contributed by atoms with Gasteiger partial charge >= 0.3 is 11.8 Å². The van der Waals surface area contributed by atoms with Gasteiger partial charge in [0, 0.05) is 24.6 Å². The predicted molar refractivity (Wildman–Crippen MR) is 127 cm³/mol. The van der Waals surface area contributed by atoms with Crippen LogP contribution >= 0.6 is 0 Å². The van der Waals surface area contributed by atoms with Crippen LogP contribution in [0.4, 0.5) is 4.79 Å².